The van der Waals surface area contributed by atoms with Crippen LogP contribution in [0.2, 0.25) is 0 Å². The number of nitrogens with one attached hydrogen (secondary N) is 1. The second-order valence-corrected chi connectivity index (χ2v) is 6.67. The minimum absolute atomic E-state index is 0.274. The highest BCUT2D eigenvalue weighted by Gasteiger charge is 2.35. The molecule has 112 valence electrons. The van der Waals surface area contributed by atoms with Gasteiger partial charge in [-0.05, 0) is 43.6 Å². The number of carboxylic acids is 1. The van der Waals surface area contributed by atoms with E-state index in [4.69, 9.17) is 5.11 Å². The summed E-state index contributed by atoms with van der Waals surface area (Å²) in [6.07, 6.45) is 3.26. The highest BCUT2D eigenvalue weighted by atomic mass is 32.1. The predicted molar refractivity (Wildman–Crippen MR) is 79.9 cm³/mol. The SMILES string of the molecule is CCC(NCC1(O)CCC(C(=O)O)CC1)c1cccs1. The lowest BCUT2D eigenvalue weighted by Crippen LogP contribution is -2.45. The van der Waals surface area contributed by atoms with E-state index in [1.807, 2.05) is 6.07 Å². The van der Waals surface area contributed by atoms with Gasteiger partial charge >= 0.3 is 5.97 Å². The van der Waals surface area contributed by atoms with Gasteiger partial charge in [-0.2, -0.15) is 0 Å². The van der Waals surface area contributed by atoms with Gasteiger partial charge in [-0.3, -0.25) is 4.79 Å². The van der Waals surface area contributed by atoms with Gasteiger partial charge in [0.15, 0.2) is 0 Å². The maximum absolute atomic E-state index is 10.9. The molecule has 1 aromatic rings. The van der Waals surface area contributed by atoms with Gasteiger partial charge in [-0.1, -0.05) is 13.0 Å². The number of hydrogen-bond donors (Lipinski definition) is 3. The number of thiophene rings is 1. The lowest BCUT2D eigenvalue weighted by molar-refractivity contribution is -0.144. The second kappa shape index (κ2) is 6.70. The van der Waals surface area contributed by atoms with E-state index in [-0.39, 0.29) is 12.0 Å². The second-order valence-electron chi connectivity index (χ2n) is 5.69. The van der Waals surface area contributed by atoms with Crippen LogP contribution in [0, 0.1) is 5.92 Å². The Labute approximate surface area is 123 Å². The molecule has 1 heterocycles. The molecule has 5 heteroatoms. The van der Waals surface area contributed by atoms with Gasteiger partial charge < -0.3 is 15.5 Å². The molecule has 1 unspecified atom stereocenters. The minimum Gasteiger partial charge on any atom is -0.481 e. The van der Waals surface area contributed by atoms with E-state index in [9.17, 15) is 9.90 Å². The molecule has 4 nitrogen and oxygen atoms in total. The molecule has 0 spiro atoms. The number of carbonyl (C=O) groups is 1. The van der Waals surface area contributed by atoms with Crippen molar-refractivity contribution in [1.82, 2.24) is 5.32 Å². The van der Waals surface area contributed by atoms with Gasteiger partial charge in [-0.25, -0.2) is 0 Å². The topological polar surface area (TPSA) is 69.6 Å². The fourth-order valence-electron chi connectivity index (χ4n) is 2.83. The first-order valence-electron chi connectivity index (χ1n) is 7.26. The van der Waals surface area contributed by atoms with E-state index in [0.29, 0.717) is 32.2 Å². The zero-order chi connectivity index (χ0) is 14.6. The third-order valence-electron chi connectivity index (χ3n) is 4.24. The van der Waals surface area contributed by atoms with Crippen LogP contribution in [-0.4, -0.2) is 28.3 Å². The molecule has 0 bridgehead atoms. The lowest BCUT2D eigenvalue weighted by Gasteiger charge is -2.36. The predicted octanol–water partition coefficient (Wildman–Crippen LogP) is 2.79. The Bertz CT molecular complexity index is 424. The molecule has 20 heavy (non-hydrogen) atoms. The molecule has 2 rings (SSSR count). The summed E-state index contributed by atoms with van der Waals surface area (Å²) in [6.45, 7) is 2.67. The average Bonchev–Trinajstić information content (AvgIpc) is 2.94. The van der Waals surface area contributed by atoms with Crippen molar-refractivity contribution in [3.8, 4) is 0 Å². The standard InChI is InChI=1S/C15H23NO3S/c1-2-12(13-4-3-9-20-13)16-10-15(19)7-5-11(6-8-15)14(17)18/h3-4,9,11-12,16,19H,2,5-8,10H2,1H3,(H,17,18). The van der Waals surface area contributed by atoms with Crippen molar-refractivity contribution in [1.29, 1.82) is 0 Å². The summed E-state index contributed by atoms with van der Waals surface area (Å²) in [5, 5.41) is 25.1. The summed E-state index contributed by atoms with van der Waals surface area (Å²) in [6, 6.07) is 4.42. The smallest absolute Gasteiger partial charge is 0.306 e. The summed E-state index contributed by atoms with van der Waals surface area (Å²) in [7, 11) is 0. The van der Waals surface area contributed by atoms with Crippen LogP contribution in [0.15, 0.2) is 17.5 Å². The highest BCUT2D eigenvalue weighted by molar-refractivity contribution is 7.10. The summed E-state index contributed by atoms with van der Waals surface area (Å²) in [5.74, 6) is -1.01. The van der Waals surface area contributed by atoms with E-state index in [1.54, 1.807) is 11.3 Å². The number of carboxylic acid groups (broad SMARTS) is 1. The van der Waals surface area contributed by atoms with Crippen LogP contribution in [-0.2, 0) is 4.79 Å². The fourth-order valence-corrected chi connectivity index (χ4v) is 3.71. The monoisotopic (exact) mass is 297 g/mol. The Kier molecular flexibility index (Phi) is 5.18. The molecule has 0 radical (unpaired) electrons. The van der Waals surface area contributed by atoms with Crippen molar-refractivity contribution in [3.05, 3.63) is 22.4 Å². The molecule has 0 aromatic carbocycles. The van der Waals surface area contributed by atoms with Crippen LogP contribution in [0.1, 0.15) is 49.9 Å². The Hall–Kier alpha value is -0.910. The zero-order valence-corrected chi connectivity index (χ0v) is 12.7. The van der Waals surface area contributed by atoms with Crippen LogP contribution in [0.3, 0.4) is 0 Å². The molecule has 1 aliphatic rings. The lowest BCUT2D eigenvalue weighted by atomic mass is 9.78. The highest BCUT2D eigenvalue weighted by Crippen LogP contribution is 2.32. The van der Waals surface area contributed by atoms with Crippen LogP contribution in [0.5, 0.6) is 0 Å². The van der Waals surface area contributed by atoms with Crippen molar-refractivity contribution in [2.45, 2.75) is 50.7 Å². The first-order valence-corrected chi connectivity index (χ1v) is 8.14. The van der Waals surface area contributed by atoms with Gasteiger partial charge in [0.25, 0.3) is 0 Å². The van der Waals surface area contributed by atoms with E-state index >= 15 is 0 Å². The summed E-state index contributed by atoms with van der Waals surface area (Å²) >= 11 is 1.72. The van der Waals surface area contributed by atoms with Gasteiger partial charge in [0.2, 0.25) is 0 Å². The van der Waals surface area contributed by atoms with Gasteiger partial charge in [0, 0.05) is 17.5 Å². The Balaban J connectivity index is 1.85. The number of aliphatic hydroxyl groups is 1. The Morgan fingerprint density at radius 2 is 2.25 bits per heavy atom. The van der Waals surface area contributed by atoms with Crippen molar-refractivity contribution < 1.29 is 15.0 Å². The molecule has 1 fully saturated rings. The maximum atomic E-state index is 10.9. The van der Waals surface area contributed by atoms with Gasteiger partial charge in [0.05, 0.1) is 11.5 Å². The molecule has 0 aliphatic heterocycles. The van der Waals surface area contributed by atoms with Gasteiger partial charge in [0.1, 0.15) is 0 Å². The van der Waals surface area contributed by atoms with Crippen molar-refractivity contribution in [3.63, 3.8) is 0 Å². The van der Waals surface area contributed by atoms with Crippen LogP contribution in [0.4, 0.5) is 0 Å². The third kappa shape index (κ3) is 3.81. The van der Waals surface area contributed by atoms with Crippen LogP contribution >= 0.6 is 11.3 Å². The summed E-state index contributed by atoms with van der Waals surface area (Å²) in [4.78, 5) is 12.2. The number of rotatable bonds is 6. The quantitative estimate of drug-likeness (QED) is 0.755. The molecule has 1 aliphatic carbocycles. The summed E-state index contributed by atoms with van der Waals surface area (Å²) in [5.41, 5.74) is -0.753. The van der Waals surface area contributed by atoms with E-state index in [1.165, 1.54) is 4.88 Å². The normalized spacial score (nSPS) is 28.2. The minimum atomic E-state index is -0.753. The third-order valence-corrected chi connectivity index (χ3v) is 5.22. The first kappa shape index (κ1) is 15.5. The Morgan fingerprint density at radius 1 is 1.55 bits per heavy atom. The first-order chi connectivity index (χ1) is 9.54. The molecular formula is C15H23NO3S. The van der Waals surface area contributed by atoms with Crippen LogP contribution < -0.4 is 5.32 Å². The van der Waals surface area contributed by atoms with Crippen molar-refractivity contribution in [2.24, 2.45) is 5.92 Å². The van der Waals surface area contributed by atoms with E-state index < -0.39 is 11.6 Å². The van der Waals surface area contributed by atoms with Gasteiger partial charge in [-0.15, -0.1) is 11.3 Å². The fraction of sp³-hybridized carbons (Fsp3) is 0.667. The van der Waals surface area contributed by atoms with Crippen molar-refractivity contribution >= 4 is 17.3 Å². The van der Waals surface area contributed by atoms with E-state index in [0.717, 1.165) is 6.42 Å². The average molecular weight is 297 g/mol. The Morgan fingerprint density at radius 3 is 2.75 bits per heavy atom. The summed E-state index contributed by atoms with van der Waals surface area (Å²) < 4.78 is 0. The molecule has 0 saturated heterocycles. The largest absolute Gasteiger partial charge is 0.481 e. The molecule has 1 atom stereocenters. The van der Waals surface area contributed by atoms with Crippen LogP contribution in [0.25, 0.3) is 0 Å². The molecule has 1 aromatic heterocycles. The number of hydrogen-bond acceptors (Lipinski definition) is 4. The molecular weight excluding hydrogens is 274 g/mol. The maximum Gasteiger partial charge on any atom is 0.306 e. The zero-order valence-electron chi connectivity index (χ0n) is 11.8. The molecule has 0 amide bonds. The molecule has 3 N–H and O–H groups in total. The van der Waals surface area contributed by atoms with Crippen molar-refractivity contribution in [2.75, 3.05) is 6.54 Å². The van der Waals surface area contributed by atoms with E-state index in [2.05, 4.69) is 23.7 Å². The number of aliphatic carboxylic acids is 1. The molecule has 1 saturated carbocycles.